The van der Waals surface area contributed by atoms with E-state index in [0.717, 1.165) is 63.7 Å². The Morgan fingerprint density at radius 3 is 2.19 bits per heavy atom. The number of carbonyl (C=O) groups excluding carboxylic acids is 3. The van der Waals surface area contributed by atoms with Gasteiger partial charge in [0.2, 0.25) is 11.8 Å². The average Bonchev–Trinajstić information content (AvgIpc) is 3.31. The molecule has 1 aromatic rings. The maximum Gasteiger partial charge on any atom is 0.281 e. The Morgan fingerprint density at radius 2 is 1.53 bits per heavy atom. The van der Waals surface area contributed by atoms with Crippen LogP contribution in [0.5, 0.6) is 5.75 Å². The Labute approximate surface area is 259 Å². The number of imide groups is 1. The smallest absolute Gasteiger partial charge is 0.281 e. The van der Waals surface area contributed by atoms with Gasteiger partial charge in [0.15, 0.2) is 0 Å². The fourth-order valence-corrected chi connectivity index (χ4v) is 8.69. The first-order valence-corrected chi connectivity index (χ1v) is 16.7. The fraction of sp³-hybridized carbons (Fsp3) is 0.690. The molecule has 5 heterocycles. The second kappa shape index (κ2) is 13.4. The van der Waals surface area contributed by atoms with Gasteiger partial charge in [-0.2, -0.15) is 17.0 Å². The van der Waals surface area contributed by atoms with Crippen molar-refractivity contribution in [3.05, 3.63) is 29.3 Å². The average molecular weight is 639 g/mol. The lowest BCUT2D eigenvalue weighted by molar-refractivity contribution is -0.136. The van der Waals surface area contributed by atoms with Gasteiger partial charge in [0.05, 0.1) is 6.54 Å². The van der Waals surface area contributed by atoms with Crippen LogP contribution >= 0.6 is 12.4 Å². The van der Waals surface area contributed by atoms with Crippen LogP contribution in [0.4, 0.5) is 0 Å². The van der Waals surface area contributed by atoms with Crippen LogP contribution in [0.1, 0.15) is 67.3 Å². The summed E-state index contributed by atoms with van der Waals surface area (Å²) < 4.78 is 35.9. The first-order valence-electron chi connectivity index (χ1n) is 15.4. The lowest BCUT2D eigenvalue weighted by Crippen LogP contribution is -2.52. The molecule has 3 amide bonds. The number of likely N-dealkylation sites (tertiary alicyclic amines) is 1. The standard InChI is InChI=1S/C29H42N6O6S.ClH/c30-21-8-16-34(17-9-21)42(39,40)33-14-6-20(7-15-33)18-32-12-10-22(11-13-32)41-26-3-1-2-23-24(26)19-35(29(23)38)25-4-5-27(36)31-28(25)37;/h1-3,20-22,25H,4-19,30H2,(H,31,36,37);1H. The van der Waals surface area contributed by atoms with Crippen molar-refractivity contribution < 1.29 is 27.5 Å². The molecule has 0 spiro atoms. The van der Waals surface area contributed by atoms with E-state index in [0.29, 0.717) is 56.4 Å². The van der Waals surface area contributed by atoms with E-state index in [4.69, 9.17) is 10.5 Å². The van der Waals surface area contributed by atoms with E-state index in [1.54, 1.807) is 19.6 Å². The monoisotopic (exact) mass is 638 g/mol. The minimum Gasteiger partial charge on any atom is -0.490 e. The zero-order chi connectivity index (χ0) is 29.4. The first-order chi connectivity index (χ1) is 20.2. The predicted octanol–water partition coefficient (Wildman–Crippen LogP) is 1.09. The summed E-state index contributed by atoms with van der Waals surface area (Å²) in [6.07, 6.45) is 5.54. The number of halogens is 1. The Hall–Kier alpha value is -2.29. The van der Waals surface area contributed by atoms with Gasteiger partial charge in [-0.25, -0.2) is 0 Å². The number of ether oxygens (including phenoxy) is 1. The molecule has 5 aliphatic heterocycles. The van der Waals surface area contributed by atoms with Crippen molar-refractivity contribution in [2.24, 2.45) is 11.7 Å². The number of carbonyl (C=O) groups is 3. The van der Waals surface area contributed by atoms with Gasteiger partial charge in [-0.15, -0.1) is 12.4 Å². The molecule has 0 aromatic heterocycles. The molecule has 4 saturated heterocycles. The quantitative estimate of drug-likeness (QED) is 0.422. The first kappa shape index (κ1) is 32.1. The fourth-order valence-electron chi connectivity index (χ4n) is 7.01. The van der Waals surface area contributed by atoms with Crippen LogP contribution in [0, 0.1) is 5.92 Å². The predicted molar refractivity (Wildman–Crippen MR) is 162 cm³/mol. The number of benzene rings is 1. The lowest BCUT2D eigenvalue weighted by atomic mass is 9.96. The Bertz CT molecular complexity index is 1310. The molecule has 14 heteroatoms. The number of nitrogens with one attached hydrogen (secondary N) is 1. The minimum atomic E-state index is -3.40. The molecular formula is C29H43ClN6O6S. The van der Waals surface area contributed by atoms with Gasteiger partial charge in [-0.3, -0.25) is 19.7 Å². The Morgan fingerprint density at radius 1 is 0.884 bits per heavy atom. The highest BCUT2D eigenvalue weighted by Gasteiger charge is 2.41. The SMILES string of the molecule is Cl.NC1CCN(S(=O)(=O)N2CCC(CN3CCC(Oc4cccc5c4CN(C4CCC(=O)NC4=O)C5=O)CC3)CC2)CC1. The molecule has 5 aliphatic rings. The normalized spacial score (nSPS) is 25.8. The third-order valence-corrected chi connectivity index (χ3v) is 11.6. The summed E-state index contributed by atoms with van der Waals surface area (Å²) in [4.78, 5) is 41.1. The van der Waals surface area contributed by atoms with Crippen LogP contribution in [0.3, 0.4) is 0 Å². The Kier molecular flexibility index (Phi) is 9.99. The van der Waals surface area contributed by atoms with Crippen LogP contribution in [-0.2, 0) is 26.3 Å². The van der Waals surface area contributed by atoms with E-state index in [-0.39, 0.29) is 42.8 Å². The van der Waals surface area contributed by atoms with Gasteiger partial charge in [0, 0.05) is 69.4 Å². The molecule has 4 fully saturated rings. The van der Waals surface area contributed by atoms with Crippen molar-refractivity contribution in [2.45, 2.75) is 76.1 Å². The van der Waals surface area contributed by atoms with Gasteiger partial charge < -0.3 is 20.3 Å². The van der Waals surface area contributed by atoms with Crippen molar-refractivity contribution >= 4 is 40.3 Å². The number of amides is 3. The van der Waals surface area contributed by atoms with E-state index in [2.05, 4.69) is 10.2 Å². The Balaban J connectivity index is 0.00000368. The highest BCUT2D eigenvalue weighted by atomic mass is 35.5. The van der Waals surface area contributed by atoms with Crippen molar-refractivity contribution in [1.82, 2.24) is 23.7 Å². The van der Waals surface area contributed by atoms with Gasteiger partial charge in [0.1, 0.15) is 17.9 Å². The highest BCUT2D eigenvalue weighted by molar-refractivity contribution is 7.86. The van der Waals surface area contributed by atoms with Gasteiger partial charge in [-0.05, 0) is 63.0 Å². The van der Waals surface area contributed by atoms with E-state index in [9.17, 15) is 22.8 Å². The van der Waals surface area contributed by atoms with Crippen LogP contribution in [0.2, 0.25) is 0 Å². The summed E-state index contributed by atoms with van der Waals surface area (Å²) in [5.74, 6) is 0.261. The molecule has 1 aromatic carbocycles. The molecule has 6 rings (SSSR count). The molecule has 43 heavy (non-hydrogen) atoms. The molecule has 0 radical (unpaired) electrons. The van der Waals surface area contributed by atoms with Gasteiger partial charge in [-0.1, -0.05) is 6.07 Å². The summed E-state index contributed by atoms with van der Waals surface area (Å²) >= 11 is 0. The largest absolute Gasteiger partial charge is 0.490 e. The van der Waals surface area contributed by atoms with Crippen molar-refractivity contribution in [3.8, 4) is 5.75 Å². The van der Waals surface area contributed by atoms with Crippen LogP contribution in [0.15, 0.2) is 18.2 Å². The zero-order valence-corrected chi connectivity index (χ0v) is 26.1. The lowest BCUT2D eigenvalue weighted by Gasteiger charge is -2.39. The molecule has 0 bridgehead atoms. The van der Waals surface area contributed by atoms with E-state index in [1.165, 1.54) is 0 Å². The number of rotatable bonds is 7. The number of fused-ring (bicyclic) bond motifs is 1. The molecule has 1 atom stereocenters. The van der Waals surface area contributed by atoms with Crippen molar-refractivity contribution in [3.63, 3.8) is 0 Å². The molecule has 3 N–H and O–H groups in total. The maximum absolute atomic E-state index is 13.1. The van der Waals surface area contributed by atoms with E-state index >= 15 is 0 Å². The van der Waals surface area contributed by atoms with Gasteiger partial charge >= 0.3 is 0 Å². The minimum absolute atomic E-state index is 0. The second-order valence-corrected chi connectivity index (χ2v) is 14.3. The molecule has 238 valence electrons. The van der Waals surface area contributed by atoms with Crippen LogP contribution in [-0.4, -0.2) is 109 Å². The summed E-state index contributed by atoms with van der Waals surface area (Å²) in [6, 6.07) is 4.95. The van der Waals surface area contributed by atoms with Crippen LogP contribution in [0.25, 0.3) is 0 Å². The number of nitrogens with two attached hydrogens (primary N) is 1. The molecular weight excluding hydrogens is 596 g/mol. The van der Waals surface area contributed by atoms with Crippen LogP contribution < -0.4 is 15.8 Å². The van der Waals surface area contributed by atoms with Crippen molar-refractivity contribution in [2.75, 3.05) is 45.8 Å². The highest BCUT2D eigenvalue weighted by Crippen LogP contribution is 2.35. The topological polar surface area (TPSA) is 146 Å². The second-order valence-electron chi connectivity index (χ2n) is 12.4. The third kappa shape index (κ3) is 6.86. The summed E-state index contributed by atoms with van der Waals surface area (Å²) in [5.41, 5.74) is 7.33. The number of nitrogens with zero attached hydrogens (tertiary/aromatic N) is 4. The molecule has 1 unspecified atom stereocenters. The molecule has 12 nitrogen and oxygen atoms in total. The molecule has 0 aliphatic carbocycles. The summed E-state index contributed by atoms with van der Waals surface area (Å²) in [7, 11) is -3.40. The van der Waals surface area contributed by atoms with Gasteiger partial charge in [0.25, 0.3) is 16.1 Å². The summed E-state index contributed by atoms with van der Waals surface area (Å²) in [6.45, 7) is 5.26. The summed E-state index contributed by atoms with van der Waals surface area (Å²) in [5, 5.41) is 2.35. The van der Waals surface area contributed by atoms with E-state index in [1.807, 2.05) is 12.1 Å². The number of hydrogen-bond acceptors (Lipinski definition) is 8. The maximum atomic E-state index is 13.1. The van der Waals surface area contributed by atoms with Crippen molar-refractivity contribution in [1.29, 1.82) is 0 Å². The number of hydrogen-bond donors (Lipinski definition) is 2. The van der Waals surface area contributed by atoms with E-state index < -0.39 is 22.2 Å². The zero-order valence-electron chi connectivity index (χ0n) is 24.5. The number of piperidine rings is 4. The third-order valence-electron chi connectivity index (χ3n) is 9.61. The molecule has 0 saturated carbocycles.